The van der Waals surface area contributed by atoms with Crippen molar-refractivity contribution in [2.75, 3.05) is 12.3 Å². The molecule has 3 N–H and O–H groups in total. The fraction of sp³-hybridized carbons (Fsp3) is 0.962. The van der Waals surface area contributed by atoms with E-state index >= 15 is 0 Å². The van der Waals surface area contributed by atoms with E-state index in [0.29, 0.717) is 47.3 Å². The van der Waals surface area contributed by atoms with Crippen molar-refractivity contribution in [2.45, 2.75) is 97.5 Å². The number of carbonyl (C=O) groups is 1. The Hall–Kier alpha value is -0.660. The summed E-state index contributed by atoms with van der Waals surface area (Å²) in [4.78, 5) is 12.2. The molecule has 4 aliphatic rings. The molecule has 4 fully saturated rings. The van der Waals surface area contributed by atoms with Crippen LogP contribution in [0.5, 0.6) is 0 Å². The third-order valence-corrected chi connectivity index (χ3v) is 11.6. The van der Waals surface area contributed by atoms with Gasteiger partial charge in [0.2, 0.25) is 5.91 Å². The van der Waals surface area contributed by atoms with Gasteiger partial charge in [-0.15, -0.1) is 0 Å². The minimum absolute atomic E-state index is 0.0457. The van der Waals surface area contributed by atoms with E-state index in [9.17, 15) is 18.3 Å². The summed E-state index contributed by atoms with van der Waals surface area (Å²) in [5.41, 5.74) is 0.647. The van der Waals surface area contributed by atoms with Crippen LogP contribution in [-0.4, -0.2) is 42.4 Å². The summed E-state index contributed by atoms with van der Waals surface area (Å²) in [5.74, 6) is 2.77. The Balaban J connectivity index is 1.38. The minimum Gasteiger partial charge on any atom is -0.393 e. The zero-order chi connectivity index (χ0) is 24.0. The number of aliphatic hydroxyl groups excluding tert-OH is 1. The Labute approximate surface area is 200 Å². The van der Waals surface area contributed by atoms with E-state index in [2.05, 4.69) is 26.1 Å². The number of rotatable bonds is 7. The van der Waals surface area contributed by atoms with Crippen LogP contribution in [0, 0.1) is 46.3 Å². The molecule has 9 atom stereocenters. The van der Waals surface area contributed by atoms with Crippen LogP contribution in [0.3, 0.4) is 0 Å². The van der Waals surface area contributed by atoms with Gasteiger partial charge >= 0.3 is 0 Å². The minimum atomic E-state index is -4.05. The fourth-order valence-electron chi connectivity index (χ4n) is 9.20. The quantitative estimate of drug-likeness (QED) is 0.465. The molecule has 1 amide bonds. The van der Waals surface area contributed by atoms with Crippen molar-refractivity contribution in [3.63, 3.8) is 0 Å². The van der Waals surface area contributed by atoms with Crippen molar-refractivity contribution in [2.24, 2.45) is 46.3 Å². The van der Waals surface area contributed by atoms with Crippen LogP contribution in [0.25, 0.3) is 0 Å². The molecule has 0 aromatic rings. The van der Waals surface area contributed by atoms with Crippen LogP contribution in [0.2, 0.25) is 0 Å². The predicted octanol–water partition coefficient (Wildman–Crippen LogP) is 4.43. The summed E-state index contributed by atoms with van der Waals surface area (Å²) in [7, 11) is -4.05. The van der Waals surface area contributed by atoms with Gasteiger partial charge in [0.25, 0.3) is 10.1 Å². The van der Waals surface area contributed by atoms with Crippen molar-refractivity contribution < 1.29 is 22.9 Å². The van der Waals surface area contributed by atoms with E-state index in [1.54, 1.807) is 0 Å². The summed E-state index contributed by atoms with van der Waals surface area (Å²) >= 11 is 0. The van der Waals surface area contributed by atoms with Crippen LogP contribution in [-0.2, 0) is 14.9 Å². The molecule has 0 bridgehead atoms. The Morgan fingerprint density at radius 1 is 1.06 bits per heavy atom. The van der Waals surface area contributed by atoms with Crippen LogP contribution < -0.4 is 5.32 Å². The first-order valence-electron chi connectivity index (χ1n) is 13.4. The highest BCUT2D eigenvalue weighted by atomic mass is 32.2. The molecule has 7 heteroatoms. The van der Waals surface area contributed by atoms with Crippen molar-refractivity contribution in [3.05, 3.63) is 0 Å². The molecule has 4 saturated carbocycles. The van der Waals surface area contributed by atoms with Crippen molar-refractivity contribution in [1.29, 1.82) is 0 Å². The lowest BCUT2D eigenvalue weighted by molar-refractivity contribution is -0.164. The van der Waals surface area contributed by atoms with Gasteiger partial charge in [-0.05, 0) is 97.7 Å². The molecule has 4 aliphatic carbocycles. The number of amides is 1. The van der Waals surface area contributed by atoms with E-state index < -0.39 is 15.9 Å². The normalized spacial score (nSPS) is 43.8. The fourth-order valence-corrected chi connectivity index (χ4v) is 9.56. The van der Waals surface area contributed by atoms with Crippen LogP contribution in [0.1, 0.15) is 91.4 Å². The highest BCUT2D eigenvalue weighted by Gasteiger charge is 2.62. The number of carbonyl (C=O) groups excluding carboxylic acids is 1. The standard InChI is InChI=1S/C26H45NO5S/c1-17(7-10-23(29)27-14-15-33(30,31)32)19-8-9-20-24-21(11-13-26(19,20)3)25(2)12-5-4-6-18(25)16-22(24)28/h17-22,24,28H,4-16H2,1-3H3,(H,27,29)(H,30,31,32)/t17-,18?,19-,20-,21-,22+,24?,25+,26-/m0/s1. The number of aliphatic hydroxyl groups is 1. The molecule has 0 spiro atoms. The topological polar surface area (TPSA) is 104 Å². The molecule has 190 valence electrons. The SMILES string of the molecule is C[C@@H](CCC(=O)NCCS(=O)(=O)O)[C@@H]1CC[C@H]2C3[C@H](O)CC4CCCC[C@@]4(C)[C@H]3CC[C@]21C. The molecule has 0 aliphatic heterocycles. The maximum Gasteiger partial charge on any atom is 0.266 e. The molecule has 2 unspecified atom stereocenters. The highest BCUT2D eigenvalue weighted by Crippen LogP contribution is 2.68. The molecule has 0 radical (unpaired) electrons. The third kappa shape index (κ3) is 4.88. The van der Waals surface area contributed by atoms with E-state index in [4.69, 9.17) is 4.55 Å². The van der Waals surface area contributed by atoms with E-state index in [1.807, 2.05) is 0 Å². The van der Waals surface area contributed by atoms with Crippen molar-refractivity contribution >= 4 is 16.0 Å². The van der Waals surface area contributed by atoms with E-state index in [-0.39, 0.29) is 24.0 Å². The average molecular weight is 484 g/mol. The van der Waals surface area contributed by atoms with E-state index in [0.717, 1.165) is 12.8 Å². The Bertz CT molecular complexity index is 831. The zero-order valence-electron chi connectivity index (χ0n) is 20.8. The lowest BCUT2D eigenvalue weighted by Gasteiger charge is -2.62. The second kappa shape index (κ2) is 9.42. The van der Waals surface area contributed by atoms with E-state index in [1.165, 1.54) is 51.4 Å². The first-order valence-corrected chi connectivity index (χ1v) is 15.0. The first-order chi connectivity index (χ1) is 15.5. The van der Waals surface area contributed by atoms with Gasteiger partial charge in [-0.3, -0.25) is 9.35 Å². The second-order valence-corrected chi connectivity index (χ2v) is 14.0. The van der Waals surface area contributed by atoms with Gasteiger partial charge in [-0.1, -0.05) is 33.6 Å². The molecule has 0 aromatic heterocycles. The number of hydrogen-bond acceptors (Lipinski definition) is 4. The molecule has 33 heavy (non-hydrogen) atoms. The van der Waals surface area contributed by atoms with Gasteiger partial charge in [0, 0.05) is 13.0 Å². The third-order valence-electron chi connectivity index (χ3n) is 10.9. The maximum absolute atomic E-state index is 12.2. The Morgan fingerprint density at radius 3 is 2.52 bits per heavy atom. The summed E-state index contributed by atoms with van der Waals surface area (Å²) in [6.45, 7) is 7.23. The summed E-state index contributed by atoms with van der Waals surface area (Å²) in [5, 5.41) is 14.0. The van der Waals surface area contributed by atoms with Gasteiger partial charge in [0.05, 0.1) is 11.9 Å². The summed E-state index contributed by atoms with van der Waals surface area (Å²) in [6, 6.07) is 0. The van der Waals surface area contributed by atoms with Crippen molar-refractivity contribution in [3.8, 4) is 0 Å². The van der Waals surface area contributed by atoms with Crippen LogP contribution >= 0.6 is 0 Å². The van der Waals surface area contributed by atoms with Gasteiger partial charge in [0.1, 0.15) is 0 Å². The molecule has 0 aromatic carbocycles. The smallest absolute Gasteiger partial charge is 0.266 e. The Kier molecular flexibility index (Phi) is 7.26. The van der Waals surface area contributed by atoms with Gasteiger partial charge in [0.15, 0.2) is 0 Å². The highest BCUT2D eigenvalue weighted by molar-refractivity contribution is 7.85. The average Bonchev–Trinajstić information content (AvgIpc) is 3.08. The lowest BCUT2D eigenvalue weighted by Crippen LogP contribution is -2.57. The maximum atomic E-state index is 12.2. The van der Waals surface area contributed by atoms with Gasteiger partial charge in [-0.25, -0.2) is 0 Å². The second-order valence-electron chi connectivity index (χ2n) is 12.4. The summed E-state index contributed by atoms with van der Waals surface area (Å²) < 4.78 is 30.5. The molecule has 6 nitrogen and oxygen atoms in total. The zero-order valence-corrected chi connectivity index (χ0v) is 21.6. The molecular formula is C26H45NO5S. The van der Waals surface area contributed by atoms with Crippen LogP contribution in [0.4, 0.5) is 0 Å². The number of hydrogen-bond donors (Lipinski definition) is 3. The lowest BCUT2D eigenvalue weighted by atomic mass is 9.44. The van der Waals surface area contributed by atoms with Gasteiger partial charge < -0.3 is 10.4 Å². The molecule has 0 heterocycles. The molecular weight excluding hydrogens is 438 g/mol. The molecule has 4 rings (SSSR count). The largest absolute Gasteiger partial charge is 0.393 e. The number of fused-ring (bicyclic) bond motifs is 5. The predicted molar refractivity (Wildman–Crippen MR) is 129 cm³/mol. The number of nitrogens with one attached hydrogen (secondary N) is 1. The summed E-state index contributed by atoms with van der Waals surface area (Å²) in [6.07, 6.45) is 12.2. The van der Waals surface area contributed by atoms with Gasteiger partial charge in [-0.2, -0.15) is 8.42 Å². The molecule has 0 saturated heterocycles. The first kappa shape index (κ1) is 25.4. The van der Waals surface area contributed by atoms with Crippen LogP contribution in [0.15, 0.2) is 0 Å². The Morgan fingerprint density at radius 2 is 1.79 bits per heavy atom. The van der Waals surface area contributed by atoms with Crippen molar-refractivity contribution in [1.82, 2.24) is 5.32 Å². The monoisotopic (exact) mass is 483 g/mol.